The van der Waals surface area contributed by atoms with Gasteiger partial charge in [0.2, 0.25) is 0 Å². The van der Waals surface area contributed by atoms with Crippen molar-refractivity contribution in [1.82, 2.24) is 15.1 Å². The van der Waals surface area contributed by atoms with E-state index < -0.39 is 0 Å². The summed E-state index contributed by atoms with van der Waals surface area (Å²) in [6, 6.07) is 10.4. The van der Waals surface area contributed by atoms with Gasteiger partial charge in [0, 0.05) is 13.1 Å². The van der Waals surface area contributed by atoms with Crippen LogP contribution in [0.2, 0.25) is 0 Å². The number of anilines is 1. The molecule has 1 aliphatic heterocycles. The summed E-state index contributed by atoms with van der Waals surface area (Å²) in [5.41, 5.74) is 2.67. The van der Waals surface area contributed by atoms with Crippen molar-refractivity contribution in [2.75, 3.05) is 18.0 Å². The van der Waals surface area contributed by atoms with Crippen LogP contribution >= 0.6 is 0 Å². The zero-order valence-electron chi connectivity index (χ0n) is 15.9. The summed E-state index contributed by atoms with van der Waals surface area (Å²) < 4.78 is 5.33. The lowest BCUT2D eigenvalue weighted by molar-refractivity contribution is 0.0850. The van der Waals surface area contributed by atoms with Gasteiger partial charge in [0.1, 0.15) is 17.0 Å². The van der Waals surface area contributed by atoms with Crippen LogP contribution in [0.15, 0.2) is 34.9 Å². The Morgan fingerprint density at radius 1 is 1.15 bits per heavy atom. The van der Waals surface area contributed by atoms with Crippen molar-refractivity contribution in [3.63, 3.8) is 0 Å². The SMILES string of the molecule is Cc1nc(N2CCC([C@H](O)CCc3ccccc3)CC2)c2c(C)noc2n1. The molecule has 0 amide bonds. The molecule has 27 heavy (non-hydrogen) atoms. The molecular formula is C21H26N4O2. The van der Waals surface area contributed by atoms with Crippen LogP contribution in [0.25, 0.3) is 11.1 Å². The first-order valence-electron chi connectivity index (χ1n) is 9.69. The van der Waals surface area contributed by atoms with Crippen LogP contribution in [0.4, 0.5) is 5.82 Å². The maximum atomic E-state index is 10.6. The third kappa shape index (κ3) is 3.81. The van der Waals surface area contributed by atoms with E-state index in [0.29, 0.717) is 17.5 Å². The smallest absolute Gasteiger partial charge is 0.263 e. The predicted octanol–water partition coefficient (Wildman–Crippen LogP) is 3.44. The van der Waals surface area contributed by atoms with E-state index in [0.717, 1.165) is 55.7 Å². The van der Waals surface area contributed by atoms with Gasteiger partial charge in [-0.15, -0.1) is 0 Å². The van der Waals surface area contributed by atoms with E-state index >= 15 is 0 Å². The fraction of sp³-hybridized carbons (Fsp3) is 0.476. The molecule has 2 aromatic heterocycles. The molecule has 6 heteroatoms. The molecule has 0 saturated carbocycles. The van der Waals surface area contributed by atoms with E-state index in [1.54, 1.807) is 0 Å². The van der Waals surface area contributed by atoms with Gasteiger partial charge in [0.15, 0.2) is 0 Å². The maximum absolute atomic E-state index is 10.6. The molecule has 3 heterocycles. The predicted molar refractivity (Wildman–Crippen MR) is 105 cm³/mol. The molecule has 1 atom stereocenters. The highest BCUT2D eigenvalue weighted by Crippen LogP contribution is 2.31. The van der Waals surface area contributed by atoms with E-state index in [4.69, 9.17) is 4.52 Å². The minimum absolute atomic E-state index is 0.253. The zero-order chi connectivity index (χ0) is 18.8. The number of hydrogen-bond donors (Lipinski definition) is 1. The Balaban J connectivity index is 1.40. The Hall–Kier alpha value is -2.47. The van der Waals surface area contributed by atoms with Crippen LogP contribution in [0.1, 0.15) is 36.3 Å². The van der Waals surface area contributed by atoms with E-state index in [9.17, 15) is 5.11 Å². The van der Waals surface area contributed by atoms with Gasteiger partial charge < -0.3 is 14.5 Å². The Bertz CT molecular complexity index is 901. The van der Waals surface area contributed by atoms with Crippen LogP contribution in [0, 0.1) is 19.8 Å². The van der Waals surface area contributed by atoms with E-state index in [1.807, 2.05) is 19.9 Å². The van der Waals surface area contributed by atoms with Gasteiger partial charge in [-0.25, -0.2) is 4.98 Å². The number of aryl methyl sites for hydroxylation is 3. The number of aliphatic hydroxyl groups excluding tert-OH is 1. The summed E-state index contributed by atoms with van der Waals surface area (Å²) in [4.78, 5) is 11.3. The second-order valence-corrected chi connectivity index (χ2v) is 7.46. The van der Waals surface area contributed by atoms with Gasteiger partial charge in [-0.2, -0.15) is 4.98 Å². The summed E-state index contributed by atoms with van der Waals surface area (Å²) in [6.07, 6.45) is 3.41. The second kappa shape index (κ2) is 7.64. The average Bonchev–Trinajstić information content (AvgIpc) is 3.07. The normalized spacial score (nSPS) is 16.8. The van der Waals surface area contributed by atoms with Crippen molar-refractivity contribution in [3.05, 3.63) is 47.4 Å². The number of fused-ring (bicyclic) bond motifs is 1. The molecule has 1 N–H and O–H groups in total. The summed E-state index contributed by atoms with van der Waals surface area (Å²) >= 11 is 0. The summed E-state index contributed by atoms with van der Waals surface area (Å²) in [6.45, 7) is 5.56. The lowest BCUT2D eigenvalue weighted by Crippen LogP contribution is -2.38. The molecule has 1 saturated heterocycles. The first-order valence-corrected chi connectivity index (χ1v) is 9.69. The third-order valence-corrected chi connectivity index (χ3v) is 5.55. The first kappa shape index (κ1) is 17.9. The van der Waals surface area contributed by atoms with Crippen LogP contribution in [0.3, 0.4) is 0 Å². The van der Waals surface area contributed by atoms with Crippen molar-refractivity contribution in [2.45, 2.75) is 45.6 Å². The highest BCUT2D eigenvalue weighted by Gasteiger charge is 2.28. The highest BCUT2D eigenvalue weighted by molar-refractivity contribution is 5.88. The molecule has 142 valence electrons. The van der Waals surface area contributed by atoms with Gasteiger partial charge in [-0.05, 0) is 51.0 Å². The lowest BCUT2D eigenvalue weighted by atomic mass is 9.88. The fourth-order valence-corrected chi connectivity index (χ4v) is 3.99. The summed E-state index contributed by atoms with van der Waals surface area (Å²) in [5.74, 6) is 1.94. The minimum Gasteiger partial charge on any atom is -0.393 e. The number of piperidine rings is 1. The average molecular weight is 366 g/mol. The maximum Gasteiger partial charge on any atom is 0.263 e. The monoisotopic (exact) mass is 366 g/mol. The van der Waals surface area contributed by atoms with Gasteiger partial charge >= 0.3 is 0 Å². The molecule has 4 rings (SSSR count). The second-order valence-electron chi connectivity index (χ2n) is 7.46. The summed E-state index contributed by atoms with van der Waals surface area (Å²) in [5, 5.41) is 15.6. The van der Waals surface area contributed by atoms with Crippen molar-refractivity contribution < 1.29 is 9.63 Å². The molecule has 1 aliphatic rings. The van der Waals surface area contributed by atoms with E-state index in [1.165, 1.54) is 5.56 Å². The molecule has 1 aromatic carbocycles. The van der Waals surface area contributed by atoms with Gasteiger partial charge in [0.05, 0.1) is 11.8 Å². The largest absolute Gasteiger partial charge is 0.393 e. The quantitative estimate of drug-likeness (QED) is 0.745. The molecule has 6 nitrogen and oxygen atoms in total. The standard InChI is InChI=1S/C21H26N4O2/c1-14-19-20(22-15(2)23-21(19)27-24-14)25-12-10-17(11-13-25)18(26)9-8-16-6-4-3-5-7-16/h3-7,17-18,26H,8-13H2,1-2H3/t18-/m1/s1. The molecular weight excluding hydrogens is 340 g/mol. The molecule has 0 unspecified atom stereocenters. The number of benzene rings is 1. The third-order valence-electron chi connectivity index (χ3n) is 5.55. The Morgan fingerprint density at radius 3 is 2.63 bits per heavy atom. The minimum atomic E-state index is -0.253. The van der Waals surface area contributed by atoms with Gasteiger partial charge in [-0.1, -0.05) is 35.5 Å². The number of nitrogens with zero attached hydrogens (tertiary/aromatic N) is 4. The van der Waals surface area contributed by atoms with Crippen molar-refractivity contribution in [2.24, 2.45) is 5.92 Å². The van der Waals surface area contributed by atoms with Crippen LogP contribution in [-0.2, 0) is 6.42 Å². The van der Waals surface area contributed by atoms with Gasteiger partial charge in [0.25, 0.3) is 5.71 Å². The number of aromatic nitrogens is 3. The van der Waals surface area contributed by atoms with Crippen LogP contribution < -0.4 is 4.90 Å². The Morgan fingerprint density at radius 2 is 1.89 bits per heavy atom. The number of hydrogen-bond acceptors (Lipinski definition) is 6. The molecule has 0 aliphatic carbocycles. The molecule has 0 bridgehead atoms. The summed E-state index contributed by atoms with van der Waals surface area (Å²) in [7, 11) is 0. The van der Waals surface area contributed by atoms with E-state index in [2.05, 4.69) is 44.3 Å². The van der Waals surface area contributed by atoms with Crippen molar-refractivity contribution in [1.29, 1.82) is 0 Å². The van der Waals surface area contributed by atoms with Crippen LogP contribution in [-0.4, -0.2) is 39.4 Å². The molecule has 3 aromatic rings. The highest BCUT2D eigenvalue weighted by atomic mass is 16.5. The lowest BCUT2D eigenvalue weighted by Gasteiger charge is -2.35. The molecule has 1 fully saturated rings. The topological polar surface area (TPSA) is 75.3 Å². The number of aliphatic hydroxyl groups is 1. The Kier molecular flexibility index (Phi) is 5.07. The Labute approximate surface area is 159 Å². The van der Waals surface area contributed by atoms with Crippen LogP contribution in [0.5, 0.6) is 0 Å². The first-order chi connectivity index (χ1) is 13.1. The zero-order valence-corrected chi connectivity index (χ0v) is 15.9. The van der Waals surface area contributed by atoms with Gasteiger partial charge in [-0.3, -0.25) is 0 Å². The van der Waals surface area contributed by atoms with Crippen molar-refractivity contribution in [3.8, 4) is 0 Å². The molecule has 0 spiro atoms. The van der Waals surface area contributed by atoms with Crippen molar-refractivity contribution >= 4 is 16.9 Å². The fourth-order valence-electron chi connectivity index (χ4n) is 3.99. The number of rotatable bonds is 5. The van der Waals surface area contributed by atoms with E-state index in [-0.39, 0.29) is 6.10 Å². The molecule has 0 radical (unpaired) electrons.